The second-order valence-electron chi connectivity index (χ2n) is 1.35. The second kappa shape index (κ2) is 15.9. The normalized spacial score (nSPS) is 7.00. The van der Waals surface area contributed by atoms with E-state index in [1.165, 1.54) is 6.42 Å². The van der Waals surface area contributed by atoms with Gasteiger partial charge in [0.25, 0.3) is 0 Å². The maximum atomic E-state index is 7.50. The van der Waals surface area contributed by atoms with Gasteiger partial charge in [-0.3, -0.25) is 0 Å². The Morgan fingerprint density at radius 3 is 2.00 bits per heavy atom. The predicted octanol–water partition coefficient (Wildman–Crippen LogP) is 0.968. The average Bonchev–Trinajstić information content (AvgIpc) is 1.88. The summed E-state index contributed by atoms with van der Waals surface area (Å²) in [4.78, 5) is 0. The fraction of sp³-hybridized carbons (Fsp3) is 0.833. The van der Waals surface area contributed by atoms with Crippen molar-refractivity contribution in [2.45, 2.75) is 20.3 Å². The topological polar surface area (TPSA) is 31.9 Å². The van der Waals surface area contributed by atoms with Gasteiger partial charge < -0.3 is 5.32 Å². The zero-order valence-electron chi connectivity index (χ0n) is 5.53. The van der Waals surface area contributed by atoms with E-state index in [1.54, 1.807) is 0 Å². The van der Waals surface area contributed by atoms with E-state index in [2.05, 4.69) is 25.8 Å². The molecule has 48 valence electrons. The molecule has 0 amide bonds. The van der Waals surface area contributed by atoms with E-state index in [-0.39, 0.29) is 0 Å². The van der Waals surface area contributed by atoms with E-state index in [0.29, 0.717) is 0 Å². The summed E-state index contributed by atoms with van der Waals surface area (Å²) in [5.41, 5.74) is 0. The first-order valence-corrected chi connectivity index (χ1v) is 2.83. The van der Waals surface area contributed by atoms with Crippen LogP contribution in [0.15, 0.2) is 0 Å². The van der Waals surface area contributed by atoms with E-state index < -0.39 is 0 Å². The Bertz CT molecular complexity index is 39.0. The van der Waals surface area contributed by atoms with Crippen molar-refractivity contribution in [1.82, 2.24) is 5.32 Å². The SMILES string of the molecule is CCCNCC.[C-]#[O+]. The van der Waals surface area contributed by atoms with Gasteiger partial charge in [-0.2, -0.15) is 0 Å². The number of hydrogen-bond acceptors (Lipinski definition) is 1. The molecule has 0 aliphatic heterocycles. The molecular weight excluding hydrogens is 102 g/mol. The van der Waals surface area contributed by atoms with Crippen LogP contribution < -0.4 is 5.32 Å². The molecule has 0 aromatic heterocycles. The van der Waals surface area contributed by atoms with Crippen molar-refractivity contribution in [2.24, 2.45) is 0 Å². The summed E-state index contributed by atoms with van der Waals surface area (Å²) in [5.74, 6) is 0. The van der Waals surface area contributed by atoms with Gasteiger partial charge in [0.1, 0.15) is 0 Å². The molecule has 0 radical (unpaired) electrons. The minimum absolute atomic E-state index is 1.10. The quantitative estimate of drug-likeness (QED) is 0.332. The third kappa shape index (κ3) is 17.3. The molecule has 8 heavy (non-hydrogen) atoms. The zero-order chi connectivity index (χ0) is 6.83. The van der Waals surface area contributed by atoms with Crippen molar-refractivity contribution >= 4 is 0 Å². The molecule has 0 bridgehead atoms. The van der Waals surface area contributed by atoms with Gasteiger partial charge in [-0.1, -0.05) is 13.8 Å². The van der Waals surface area contributed by atoms with Gasteiger partial charge in [-0.25, -0.2) is 0 Å². The molecule has 0 atom stereocenters. The van der Waals surface area contributed by atoms with Gasteiger partial charge in [0.2, 0.25) is 0 Å². The van der Waals surface area contributed by atoms with Crippen LogP contribution in [0.2, 0.25) is 0 Å². The molecule has 2 nitrogen and oxygen atoms in total. The molecule has 0 saturated heterocycles. The summed E-state index contributed by atoms with van der Waals surface area (Å²) >= 11 is 0. The molecule has 0 unspecified atom stereocenters. The number of rotatable bonds is 3. The van der Waals surface area contributed by atoms with Crippen LogP contribution in [-0.2, 0) is 4.65 Å². The molecule has 0 heterocycles. The first-order chi connectivity index (χ1) is 3.91. The Morgan fingerprint density at radius 2 is 1.88 bits per heavy atom. The summed E-state index contributed by atoms with van der Waals surface area (Å²) < 4.78 is 7.50. The summed E-state index contributed by atoms with van der Waals surface area (Å²) in [6.07, 6.45) is 1.24. The van der Waals surface area contributed by atoms with Gasteiger partial charge in [0.05, 0.1) is 0 Å². The van der Waals surface area contributed by atoms with Crippen LogP contribution >= 0.6 is 0 Å². The average molecular weight is 115 g/mol. The fourth-order valence-electron chi connectivity index (χ4n) is 0.354. The van der Waals surface area contributed by atoms with Crippen molar-refractivity contribution in [3.63, 3.8) is 0 Å². The fourth-order valence-corrected chi connectivity index (χ4v) is 0.354. The molecule has 0 spiro atoms. The third-order valence-electron chi connectivity index (χ3n) is 0.677. The Balaban J connectivity index is 0. The van der Waals surface area contributed by atoms with Crippen LogP contribution in [0.4, 0.5) is 0 Å². The Labute approximate surface area is 51.0 Å². The van der Waals surface area contributed by atoms with Gasteiger partial charge in [-0.05, 0) is 19.5 Å². The third-order valence-corrected chi connectivity index (χ3v) is 0.677. The molecule has 0 fully saturated rings. The summed E-state index contributed by atoms with van der Waals surface area (Å²) in [6, 6.07) is 0. The van der Waals surface area contributed by atoms with E-state index in [1.807, 2.05) is 0 Å². The predicted molar refractivity (Wildman–Crippen MR) is 32.8 cm³/mol. The number of nitrogens with one attached hydrogen (secondary N) is 1. The van der Waals surface area contributed by atoms with Crippen LogP contribution in [-0.4, -0.2) is 13.1 Å². The van der Waals surface area contributed by atoms with Crippen LogP contribution in [0.25, 0.3) is 0 Å². The van der Waals surface area contributed by atoms with Crippen molar-refractivity contribution in [2.75, 3.05) is 13.1 Å². The molecule has 0 aliphatic rings. The van der Waals surface area contributed by atoms with E-state index in [4.69, 9.17) is 4.65 Å². The van der Waals surface area contributed by atoms with Gasteiger partial charge >= 0.3 is 11.3 Å². The van der Waals surface area contributed by atoms with E-state index >= 15 is 0 Å². The molecule has 2 heteroatoms. The molecule has 0 aromatic rings. The molecular formula is C6H13NO. The molecule has 0 aliphatic carbocycles. The number of hydrogen-bond donors (Lipinski definition) is 1. The second-order valence-corrected chi connectivity index (χ2v) is 1.35. The first-order valence-electron chi connectivity index (χ1n) is 2.83. The summed E-state index contributed by atoms with van der Waals surface area (Å²) in [5, 5.41) is 3.20. The monoisotopic (exact) mass is 115 g/mol. The van der Waals surface area contributed by atoms with Crippen LogP contribution in [0, 0.1) is 6.65 Å². The molecule has 1 N–H and O–H groups in total. The van der Waals surface area contributed by atoms with Crippen molar-refractivity contribution in [3.8, 4) is 0 Å². The van der Waals surface area contributed by atoms with E-state index in [9.17, 15) is 0 Å². The van der Waals surface area contributed by atoms with Crippen LogP contribution in [0.5, 0.6) is 0 Å². The van der Waals surface area contributed by atoms with Gasteiger partial charge in [0, 0.05) is 0 Å². The zero-order valence-corrected chi connectivity index (χ0v) is 5.53. The first kappa shape index (κ1) is 10.6. The summed E-state index contributed by atoms with van der Waals surface area (Å²) in [6.45, 7) is 11.1. The Hall–Kier alpha value is -0.300. The summed E-state index contributed by atoms with van der Waals surface area (Å²) in [7, 11) is 0. The molecule has 0 aromatic carbocycles. The van der Waals surface area contributed by atoms with E-state index in [0.717, 1.165) is 13.1 Å². The Morgan fingerprint density at radius 1 is 1.38 bits per heavy atom. The van der Waals surface area contributed by atoms with Crippen LogP contribution in [0.3, 0.4) is 0 Å². The van der Waals surface area contributed by atoms with Crippen molar-refractivity contribution < 1.29 is 4.65 Å². The van der Waals surface area contributed by atoms with Gasteiger partial charge in [0.15, 0.2) is 0 Å². The van der Waals surface area contributed by atoms with Crippen LogP contribution in [0.1, 0.15) is 20.3 Å². The van der Waals surface area contributed by atoms with Crippen molar-refractivity contribution in [1.29, 1.82) is 0 Å². The molecule has 0 saturated carbocycles. The minimum atomic E-state index is 1.10. The standard InChI is InChI=1S/C5H13N.CO/c1-3-5-6-4-2;1-2/h6H,3-5H2,1-2H3;. The van der Waals surface area contributed by atoms with Gasteiger partial charge in [-0.15, -0.1) is 0 Å². The Kier molecular flexibility index (Phi) is 21.1. The van der Waals surface area contributed by atoms with Crippen molar-refractivity contribution in [3.05, 3.63) is 6.65 Å². The maximum absolute atomic E-state index is 7.50. The molecule has 0 rings (SSSR count).